The predicted octanol–water partition coefficient (Wildman–Crippen LogP) is -0.666. The summed E-state index contributed by atoms with van der Waals surface area (Å²) in [5, 5.41) is 9.63. The third-order valence-electron chi connectivity index (χ3n) is 0.695. The largest absolute Gasteiger partial charge is 0.376 e. The fourth-order valence-corrected chi connectivity index (χ4v) is 0.233. The van der Waals surface area contributed by atoms with Crippen LogP contribution in [-0.2, 0) is 4.84 Å². The Morgan fingerprint density at radius 1 is 1.75 bits per heavy atom. The lowest BCUT2D eigenvalue weighted by molar-refractivity contribution is 0.103. The highest BCUT2D eigenvalue weighted by molar-refractivity contribution is 5.80. The number of nitrogens with one attached hydrogen (secondary N) is 3. The van der Waals surface area contributed by atoms with Crippen LogP contribution in [-0.4, -0.2) is 26.5 Å². The maximum Gasteiger partial charge on any atom is 0.110 e. The summed E-state index contributed by atoms with van der Waals surface area (Å²) in [5.74, 6) is 0.409. The van der Waals surface area contributed by atoms with Gasteiger partial charge in [-0.15, -0.1) is 0 Å². The first-order valence-corrected chi connectivity index (χ1v) is 2.32. The molecule has 0 aromatic heterocycles. The fourth-order valence-electron chi connectivity index (χ4n) is 0.233. The molecule has 0 bridgehead atoms. The zero-order valence-electron chi connectivity index (χ0n) is 5.12. The van der Waals surface area contributed by atoms with Crippen molar-refractivity contribution in [1.29, 1.82) is 5.41 Å². The van der Waals surface area contributed by atoms with Gasteiger partial charge >= 0.3 is 0 Å². The summed E-state index contributed by atoms with van der Waals surface area (Å²) in [5.41, 5.74) is 2.51. The summed E-state index contributed by atoms with van der Waals surface area (Å²) in [6, 6.07) is 0. The van der Waals surface area contributed by atoms with E-state index in [0.717, 1.165) is 0 Å². The first-order chi connectivity index (χ1) is 3.81. The highest BCUT2D eigenvalue weighted by Crippen LogP contribution is 1.58. The Labute approximate surface area is 48.7 Å². The van der Waals surface area contributed by atoms with Crippen molar-refractivity contribution in [3.63, 3.8) is 0 Å². The Kier molecular flexibility index (Phi) is 4.20. The normalized spacial score (nSPS) is 8.75. The molecule has 0 radical (unpaired) electrons. The van der Waals surface area contributed by atoms with E-state index in [1.807, 2.05) is 0 Å². The quantitative estimate of drug-likeness (QED) is 0.261. The van der Waals surface area contributed by atoms with Crippen LogP contribution in [0.4, 0.5) is 0 Å². The molecule has 0 aromatic rings. The Morgan fingerprint density at radius 3 is 2.75 bits per heavy atom. The maximum atomic E-state index is 6.99. The van der Waals surface area contributed by atoms with Gasteiger partial charge in [0.1, 0.15) is 5.84 Å². The molecule has 0 aromatic carbocycles. The van der Waals surface area contributed by atoms with Crippen LogP contribution >= 0.6 is 0 Å². The van der Waals surface area contributed by atoms with Gasteiger partial charge in [0.25, 0.3) is 0 Å². The first kappa shape index (κ1) is 7.39. The molecule has 0 heterocycles. The monoisotopic (exact) mass is 117 g/mol. The smallest absolute Gasteiger partial charge is 0.110 e. The van der Waals surface area contributed by atoms with Gasteiger partial charge in [0.15, 0.2) is 0 Å². The predicted molar refractivity (Wildman–Crippen MR) is 31.8 cm³/mol. The molecule has 0 aliphatic rings. The number of hydroxylamine groups is 1. The molecular formula is C4H11N3O. The molecule has 4 heteroatoms. The highest BCUT2D eigenvalue weighted by Gasteiger charge is 1.86. The van der Waals surface area contributed by atoms with Crippen molar-refractivity contribution in [3.8, 4) is 0 Å². The van der Waals surface area contributed by atoms with Gasteiger partial charge in [-0.25, -0.2) is 0 Å². The van der Waals surface area contributed by atoms with Gasteiger partial charge in [-0.2, -0.15) is 5.48 Å². The Morgan fingerprint density at radius 2 is 2.38 bits per heavy atom. The first-order valence-electron chi connectivity index (χ1n) is 2.32. The van der Waals surface area contributed by atoms with Crippen molar-refractivity contribution in [2.75, 3.05) is 20.7 Å². The van der Waals surface area contributed by atoms with Gasteiger partial charge in [0.05, 0.1) is 13.7 Å². The van der Waals surface area contributed by atoms with E-state index in [-0.39, 0.29) is 0 Å². The Bertz CT molecular complexity index is 73.7. The number of hydrogen-bond donors (Lipinski definition) is 3. The number of likely N-dealkylation sites (N-methyl/N-ethyl adjacent to an activating group) is 1. The van der Waals surface area contributed by atoms with E-state index in [4.69, 9.17) is 5.41 Å². The topological polar surface area (TPSA) is 57.1 Å². The van der Waals surface area contributed by atoms with Crippen LogP contribution in [0.5, 0.6) is 0 Å². The lowest BCUT2D eigenvalue weighted by atomic mass is 10.6. The van der Waals surface area contributed by atoms with Crippen molar-refractivity contribution >= 4 is 5.84 Å². The summed E-state index contributed by atoms with van der Waals surface area (Å²) >= 11 is 0. The lowest BCUT2D eigenvalue weighted by Crippen LogP contribution is -2.29. The second-order valence-electron chi connectivity index (χ2n) is 1.25. The number of amidine groups is 1. The molecule has 0 aliphatic carbocycles. The van der Waals surface area contributed by atoms with Gasteiger partial charge in [-0.1, -0.05) is 0 Å². The van der Waals surface area contributed by atoms with Crippen molar-refractivity contribution in [2.24, 2.45) is 0 Å². The van der Waals surface area contributed by atoms with Crippen LogP contribution < -0.4 is 10.8 Å². The minimum Gasteiger partial charge on any atom is -0.376 e. The van der Waals surface area contributed by atoms with Crippen LogP contribution in [0.25, 0.3) is 0 Å². The number of hydrogen-bond acceptors (Lipinski definition) is 3. The highest BCUT2D eigenvalue weighted by atomic mass is 16.6. The maximum absolute atomic E-state index is 6.99. The molecule has 0 saturated heterocycles. The minimum atomic E-state index is 0.409. The van der Waals surface area contributed by atoms with E-state index < -0.39 is 0 Å². The van der Waals surface area contributed by atoms with Gasteiger partial charge < -0.3 is 10.2 Å². The molecule has 0 unspecified atom stereocenters. The Balaban J connectivity index is 2.99. The molecule has 0 rings (SSSR count). The van der Waals surface area contributed by atoms with E-state index >= 15 is 0 Å². The molecule has 0 saturated carbocycles. The molecule has 48 valence electrons. The van der Waals surface area contributed by atoms with E-state index in [0.29, 0.717) is 12.4 Å². The zero-order chi connectivity index (χ0) is 6.41. The minimum absolute atomic E-state index is 0.409. The average Bonchev–Trinajstić information content (AvgIpc) is 1.83. The summed E-state index contributed by atoms with van der Waals surface area (Å²) in [6.45, 7) is 0.424. The fraction of sp³-hybridized carbons (Fsp3) is 0.750. The molecule has 0 spiro atoms. The second-order valence-corrected chi connectivity index (χ2v) is 1.25. The second kappa shape index (κ2) is 4.55. The van der Waals surface area contributed by atoms with Crippen molar-refractivity contribution in [1.82, 2.24) is 10.8 Å². The molecule has 3 N–H and O–H groups in total. The molecule has 0 fully saturated rings. The van der Waals surface area contributed by atoms with Crippen LogP contribution in [0.1, 0.15) is 0 Å². The van der Waals surface area contributed by atoms with Crippen molar-refractivity contribution in [2.45, 2.75) is 0 Å². The van der Waals surface area contributed by atoms with Crippen LogP contribution in [0.2, 0.25) is 0 Å². The summed E-state index contributed by atoms with van der Waals surface area (Å²) < 4.78 is 0. The summed E-state index contributed by atoms with van der Waals surface area (Å²) in [6.07, 6.45) is 0. The van der Waals surface area contributed by atoms with Crippen molar-refractivity contribution in [3.05, 3.63) is 0 Å². The SMILES string of the molecule is CNC(=N)CNOC. The molecule has 0 amide bonds. The van der Waals surface area contributed by atoms with Crippen molar-refractivity contribution < 1.29 is 4.84 Å². The van der Waals surface area contributed by atoms with Gasteiger partial charge in [0.2, 0.25) is 0 Å². The van der Waals surface area contributed by atoms with E-state index in [2.05, 4.69) is 15.6 Å². The lowest BCUT2D eigenvalue weighted by Gasteiger charge is -2.00. The van der Waals surface area contributed by atoms with Crippen LogP contribution in [0.3, 0.4) is 0 Å². The van der Waals surface area contributed by atoms with Crippen LogP contribution in [0, 0.1) is 5.41 Å². The summed E-state index contributed by atoms with van der Waals surface area (Å²) in [7, 11) is 3.21. The summed E-state index contributed by atoms with van der Waals surface area (Å²) in [4.78, 5) is 4.48. The van der Waals surface area contributed by atoms with Gasteiger partial charge in [-0.3, -0.25) is 5.41 Å². The third-order valence-corrected chi connectivity index (χ3v) is 0.695. The van der Waals surface area contributed by atoms with Gasteiger partial charge in [0, 0.05) is 7.05 Å². The molecule has 8 heavy (non-hydrogen) atoms. The standard InChI is InChI=1S/C4H11N3O/c1-6-4(5)3-7-8-2/h7H,3H2,1-2H3,(H2,5,6). The van der Waals surface area contributed by atoms with Gasteiger partial charge in [-0.05, 0) is 0 Å². The Hall–Kier alpha value is -0.610. The molecular weight excluding hydrogens is 106 g/mol. The molecule has 0 atom stereocenters. The van der Waals surface area contributed by atoms with E-state index in [1.54, 1.807) is 7.05 Å². The van der Waals surface area contributed by atoms with Crippen LogP contribution in [0.15, 0.2) is 0 Å². The number of rotatable bonds is 3. The average molecular weight is 117 g/mol. The zero-order valence-corrected chi connectivity index (χ0v) is 5.12. The molecule has 4 nitrogen and oxygen atoms in total. The van der Waals surface area contributed by atoms with E-state index in [9.17, 15) is 0 Å². The third kappa shape index (κ3) is 3.58. The van der Waals surface area contributed by atoms with E-state index in [1.165, 1.54) is 7.11 Å². The molecule has 0 aliphatic heterocycles.